The maximum Gasteiger partial charge on any atom is 0.196 e. The maximum absolute atomic E-state index is 12.6. The predicted octanol–water partition coefficient (Wildman–Crippen LogP) is 3.75. The van der Waals surface area contributed by atoms with E-state index in [2.05, 4.69) is 16.8 Å². The Bertz CT molecular complexity index is 884. The zero-order chi connectivity index (χ0) is 20.8. The van der Waals surface area contributed by atoms with Crippen molar-refractivity contribution in [3.63, 3.8) is 0 Å². The molecule has 4 rings (SSSR count). The zero-order valence-electron chi connectivity index (χ0n) is 17.7. The maximum atomic E-state index is 12.6. The first-order valence-electron chi connectivity index (χ1n) is 10.8. The first kappa shape index (κ1) is 20.6. The molecule has 0 N–H and O–H groups in total. The minimum atomic E-state index is 0.0394. The van der Waals surface area contributed by atoms with E-state index in [0.717, 1.165) is 37.3 Å². The summed E-state index contributed by atoms with van der Waals surface area (Å²) in [6, 6.07) is 15.3. The lowest BCUT2D eigenvalue weighted by Crippen LogP contribution is -2.44. The molecule has 0 bridgehead atoms. The molecule has 0 aliphatic carbocycles. The topological polar surface area (TPSA) is 42.0 Å². The number of piperazine rings is 1. The van der Waals surface area contributed by atoms with Gasteiger partial charge in [-0.25, -0.2) is 0 Å². The fourth-order valence-corrected chi connectivity index (χ4v) is 3.84. The summed E-state index contributed by atoms with van der Waals surface area (Å²) in [6.07, 6.45) is 4.12. The summed E-state index contributed by atoms with van der Waals surface area (Å²) < 4.78 is 11.6. The predicted molar refractivity (Wildman–Crippen MR) is 119 cm³/mol. The molecule has 0 amide bonds. The number of likely N-dealkylation sites (N-methyl/N-ethyl adjacent to an activating group) is 1. The lowest BCUT2D eigenvalue weighted by molar-refractivity contribution is 0.100. The zero-order valence-corrected chi connectivity index (χ0v) is 17.7. The van der Waals surface area contributed by atoms with E-state index in [-0.39, 0.29) is 5.78 Å². The Morgan fingerprint density at radius 3 is 2.57 bits per heavy atom. The van der Waals surface area contributed by atoms with Crippen molar-refractivity contribution in [2.24, 2.45) is 0 Å². The molecule has 0 atom stereocenters. The Kier molecular flexibility index (Phi) is 6.82. The van der Waals surface area contributed by atoms with E-state index in [0.29, 0.717) is 23.5 Å². The number of hydrogen-bond acceptors (Lipinski definition) is 5. The number of para-hydroxylation sites is 1. The number of carbonyl (C=O) groups excluding carboxylic acids is 1. The van der Waals surface area contributed by atoms with Crippen molar-refractivity contribution in [1.82, 2.24) is 9.80 Å². The van der Waals surface area contributed by atoms with E-state index in [9.17, 15) is 4.79 Å². The highest BCUT2D eigenvalue weighted by molar-refractivity contribution is 6.14. The molecule has 2 aromatic carbocycles. The molecule has 30 heavy (non-hydrogen) atoms. The Balaban J connectivity index is 1.23. The molecule has 0 spiro atoms. The Labute approximate surface area is 178 Å². The fraction of sp³-hybridized carbons (Fsp3) is 0.400. The minimum absolute atomic E-state index is 0.0394. The summed E-state index contributed by atoms with van der Waals surface area (Å²) in [5.74, 6) is 1.57. The van der Waals surface area contributed by atoms with Gasteiger partial charge in [-0.15, -0.1) is 0 Å². The quantitative estimate of drug-likeness (QED) is 0.517. The molecule has 2 aliphatic rings. The third kappa shape index (κ3) is 5.29. The molecule has 2 aliphatic heterocycles. The molecule has 1 saturated heterocycles. The Hall–Kier alpha value is -2.63. The molecule has 2 aromatic rings. The number of carbonyl (C=O) groups is 1. The summed E-state index contributed by atoms with van der Waals surface area (Å²) in [6.45, 7) is 6.88. The molecule has 2 heterocycles. The van der Waals surface area contributed by atoms with Crippen molar-refractivity contribution in [2.75, 3.05) is 53.0 Å². The van der Waals surface area contributed by atoms with Crippen LogP contribution in [0.1, 0.15) is 28.8 Å². The number of fused-ring (bicyclic) bond motifs is 1. The van der Waals surface area contributed by atoms with E-state index < -0.39 is 0 Å². The van der Waals surface area contributed by atoms with Crippen molar-refractivity contribution in [2.45, 2.75) is 12.8 Å². The number of benzene rings is 2. The van der Waals surface area contributed by atoms with E-state index in [1.165, 1.54) is 26.2 Å². The molecule has 0 unspecified atom stereocenters. The monoisotopic (exact) mass is 406 g/mol. The van der Waals surface area contributed by atoms with Crippen LogP contribution >= 0.6 is 0 Å². The molecule has 5 heteroatoms. The van der Waals surface area contributed by atoms with Gasteiger partial charge in [-0.1, -0.05) is 24.3 Å². The number of unbranched alkanes of at least 4 members (excludes halogenated alkanes) is 1. The van der Waals surface area contributed by atoms with Gasteiger partial charge in [0.15, 0.2) is 5.78 Å². The van der Waals surface area contributed by atoms with Gasteiger partial charge in [-0.3, -0.25) is 4.79 Å². The summed E-state index contributed by atoms with van der Waals surface area (Å²) in [5, 5.41) is 0. The average Bonchev–Trinajstić information content (AvgIpc) is 2.78. The van der Waals surface area contributed by atoms with Crippen LogP contribution in [-0.4, -0.2) is 68.6 Å². The highest BCUT2D eigenvalue weighted by atomic mass is 16.5. The van der Waals surface area contributed by atoms with Crippen LogP contribution in [0.3, 0.4) is 0 Å². The molecule has 0 aromatic heterocycles. The summed E-state index contributed by atoms with van der Waals surface area (Å²) in [4.78, 5) is 17.6. The Morgan fingerprint density at radius 1 is 1.00 bits per heavy atom. The van der Waals surface area contributed by atoms with Gasteiger partial charge in [0.2, 0.25) is 0 Å². The van der Waals surface area contributed by atoms with E-state index in [4.69, 9.17) is 9.47 Å². The largest absolute Gasteiger partial charge is 0.494 e. The number of rotatable bonds is 7. The van der Waals surface area contributed by atoms with Gasteiger partial charge in [0.25, 0.3) is 0 Å². The Morgan fingerprint density at radius 2 is 1.77 bits per heavy atom. The second-order valence-electron chi connectivity index (χ2n) is 8.05. The van der Waals surface area contributed by atoms with Crippen LogP contribution in [0.2, 0.25) is 0 Å². The lowest BCUT2D eigenvalue weighted by atomic mass is 9.98. The number of hydrogen-bond donors (Lipinski definition) is 0. The van der Waals surface area contributed by atoms with Gasteiger partial charge in [-0.05, 0) is 62.3 Å². The number of ether oxygens (including phenoxy) is 2. The smallest absolute Gasteiger partial charge is 0.196 e. The molecule has 5 nitrogen and oxygen atoms in total. The van der Waals surface area contributed by atoms with Gasteiger partial charge in [-0.2, -0.15) is 0 Å². The third-order valence-electron chi connectivity index (χ3n) is 5.76. The van der Waals surface area contributed by atoms with Gasteiger partial charge < -0.3 is 19.3 Å². The van der Waals surface area contributed by atoms with E-state index >= 15 is 0 Å². The summed E-state index contributed by atoms with van der Waals surface area (Å²) >= 11 is 0. The van der Waals surface area contributed by atoms with Crippen LogP contribution in [0.25, 0.3) is 6.08 Å². The highest BCUT2D eigenvalue weighted by Gasteiger charge is 2.22. The van der Waals surface area contributed by atoms with Crippen molar-refractivity contribution in [3.8, 4) is 11.5 Å². The van der Waals surface area contributed by atoms with Gasteiger partial charge in [0.05, 0.1) is 12.2 Å². The van der Waals surface area contributed by atoms with Gasteiger partial charge in [0, 0.05) is 31.8 Å². The molecular formula is C25H30N2O3. The van der Waals surface area contributed by atoms with Crippen LogP contribution in [0, 0.1) is 0 Å². The van der Waals surface area contributed by atoms with Crippen LogP contribution in [0.5, 0.6) is 11.5 Å². The van der Waals surface area contributed by atoms with E-state index in [1.54, 1.807) is 0 Å². The molecule has 0 radical (unpaired) electrons. The SMILES string of the molecule is CN1CCN(CCCCOc2ccc(/C=C3\COc4ccccc4C3=O)cc2)CC1. The second kappa shape index (κ2) is 9.92. The van der Waals surface area contributed by atoms with Crippen LogP contribution < -0.4 is 9.47 Å². The minimum Gasteiger partial charge on any atom is -0.494 e. The van der Waals surface area contributed by atoms with Gasteiger partial charge in [0.1, 0.15) is 18.1 Å². The van der Waals surface area contributed by atoms with Crippen molar-refractivity contribution < 1.29 is 14.3 Å². The second-order valence-corrected chi connectivity index (χ2v) is 8.05. The third-order valence-corrected chi connectivity index (χ3v) is 5.76. The lowest BCUT2D eigenvalue weighted by Gasteiger charge is -2.32. The van der Waals surface area contributed by atoms with Crippen LogP contribution in [0.4, 0.5) is 0 Å². The van der Waals surface area contributed by atoms with Crippen LogP contribution in [0.15, 0.2) is 54.1 Å². The molecule has 0 saturated carbocycles. The average molecular weight is 407 g/mol. The number of Topliss-reactive ketones (excluding diaryl/α,β-unsaturated/α-hetero) is 1. The van der Waals surface area contributed by atoms with E-state index in [1.807, 2.05) is 54.6 Å². The van der Waals surface area contributed by atoms with Crippen molar-refractivity contribution in [1.29, 1.82) is 0 Å². The number of ketones is 1. The summed E-state index contributed by atoms with van der Waals surface area (Å²) in [5.41, 5.74) is 2.28. The van der Waals surface area contributed by atoms with Crippen molar-refractivity contribution >= 4 is 11.9 Å². The fourth-order valence-electron chi connectivity index (χ4n) is 3.84. The first-order chi connectivity index (χ1) is 14.7. The first-order valence-corrected chi connectivity index (χ1v) is 10.8. The van der Waals surface area contributed by atoms with Gasteiger partial charge >= 0.3 is 0 Å². The molecule has 158 valence electrons. The van der Waals surface area contributed by atoms with Crippen LogP contribution in [-0.2, 0) is 0 Å². The van der Waals surface area contributed by atoms with Crippen molar-refractivity contribution in [3.05, 3.63) is 65.2 Å². The molecular weight excluding hydrogens is 376 g/mol. The highest BCUT2D eigenvalue weighted by Crippen LogP contribution is 2.27. The molecule has 1 fully saturated rings. The normalized spacial score (nSPS) is 18.8. The number of nitrogens with zero attached hydrogens (tertiary/aromatic N) is 2. The standard InChI is InChI=1S/C25H30N2O3/c1-26-13-15-27(16-14-26)12-4-5-17-29-22-10-8-20(9-11-22)18-21-19-30-24-7-3-2-6-23(24)25(21)28/h2-3,6-11,18H,4-5,12-17,19H2,1H3/b21-18+. The summed E-state index contributed by atoms with van der Waals surface area (Å²) in [7, 11) is 2.19.